The molecule has 0 amide bonds. The SMILES string of the molecule is PCC1C2CC3CC(C2)CC1(C1=CC(=C2C=CC=C[CH-]2)C=C1C(P)(C1CCCCN1)C1CCCCN1)C3.[Fe+2].c1cc[cH-]c1. The summed E-state index contributed by atoms with van der Waals surface area (Å²) in [6.07, 6.45) is 33.2. The summed E-state index contributed by atoms with van der Waals surface area (Å²) in [7, 11) is 6.76. The Bertz CT molecular complexity index is 1200. The molecule has 8 aliphatic rings. The van der Waals surface area contributed by atoms with Gasteiger partial charge >= 0.3 is 17.1 Å². The van der Waals surface area contributed by atoms with Gasteiger partial charge in [0, 0.05) is 17.2 Å². The second-order valence-corrected chi connectivity index (χ2v) is 15.9. The van der Waals surface area contributed by atoms with Crippen LogP contribution in [0, 0.1) is 35.5 Å². The van der Waals surface area contributed by atoms with Gasteiger partial charge in [-0.05, 0) is 117 Å². The van der Waals surface area contributed by atoms with Crippen LogP contribution in [0.25, 0.3) is 0 Å². The van der Waals surface area contributed by atoms with Gasteiger partial charge in [-0.25, -0.2) is 12.1 Å². The molecule has 0 aromatic heterocycles. The molecular weight excluding hydrogens is 602 g/mol. The minimum Gasteiger partial charge on any atom is -0.313 e. The van der Waals surface area contributed by atoms with E-state index in [0.717, 1.165) is 23.7 Å². The van der Waals surface area contributed by atoms with Gasteiger partial charge in [-0.3, -0.25) is 0 Å². The fourth-order valence-corrected chi connectivity index (χ4v) is 12.2. The molecule has 1 aromatic rings. The molecule has 2 heterocycles. The molecule has 9 rings (SSSR count). The number of rotatable bonds is 5. The largest absolute Gasteiger partial charge is 2.00 e. The minimum atomic E-state index is 0. The maximum absolute atomic E-state index is 4.07. The normalized spacial score (nSPS) is 39.1. The van der Waals surface area contributed by atoms with E-state index in [1.807, 2.05) is 30.3 Å². The molecule has 2 saturated heterocycles. The first-order chi connectivity index (χ1) is 20.6. The van der Waals surface area contributed by atoms with Crippen molar-refractivity contribution in [3.8, 4) is 0 Å². The minimum absolute atomic E-state index is 0. The zero-order valence-electron chi connectivity index (χ0n) is 25.8. The molecule has 4 saturated carbocycles. The number of hydrogen-bond acceptors (Lipinski definition) is 2. The van der Waals surface area contributed by atoms with E-state index < -0.39 is 0 Å². The van der Waals surface area contributed by atoms with E-state index >= 15 is 0 Å². The van der Waals surface area contributed by atoms with Crippen molar-refractivity contribution in [3.63, 3.8) is 0 Å². The second kappa shape index (κ2) is 13.9. The van der Waals surface area contributed by atoms with Crippen LogP contribution in [0.1, 0.15) is 70.6 Å². The molecule has 2 aliphatic heterocycles. The van der Waals surface area contributed by atoms with Crippen LogP contribution in [-0.2, 0) is 17.1 Å². The zero-order chi connectivity index (χ0) is 28.6. The van der Waals surface area contributed by atoms with E-state index in [1.165, 1.54) is 101 Å². The van der Waals surface area contributed by atoms with Gasteiger partial charge in [0.2, 0.25) is 0 Å². The van der Waals surface area contributed by atoms with E-state index in [9.17, 15) is 0 Å². The molecule has 6 aliphatic carbocycles. The summed E-state index contributed by atoms with van der Waals surface area (Å²) in [5.74, 6) is 3.66. The Morgan fingerprint density at radius 3 is 2.07 bits per heavy atom. The van der Waals surface area contributed by atoms with Crippen LogP contribution in [0.15, 0.2) is 89.1 Å². The molecule has 2 N–H and O–H groups in total. The van der Waals surface area contributed by atoms with E-state index in [0.29, 0.717) is 17.5 Å². The Balaban J connectivity index is 0.000000500. The number of allylic oxidation sites excluding steroid dienone is 9. The molecule has 7 unspecified atom stereocenters. The van der Waals surface area contributed by atoms with Crippen molar-refractivity contribution >= 4 is 18.5 Å². The van der Waals surface area contributed by atoms with E-state index in [1.54, 1.807) is 11.1 Å². The summed E-state index contributed by atoms with van der Waals surface area (Å²) in [6, 6.07) is 11.0. The third-order valence-electron chi connectivity index (χ3n) is 12.1. The topological polar surface area (TPSA) is 24.1 Å². The predicted octanol–water partition coefficient (Wildman–Crippen LogP) is 8.10. The van der Waals surface area contributed by atoms with Crippen LogP contribution in [-0.4, -0.2) is 36.5 Å². The van der Waals surface area contributed by atoms with Crippen molar-refractivity contribution < 1.29 is 17.1 Å². The van der Waals surface area contributed by atoms with E-state index in [-0.39, 0.29) is 22.2 Å². The molecule has 4 bridgehead atoms. The zero-order valence-corrected chi connectivity index (χ0v) is 29.2. The van der Waals surface area contributed by atoms with Gasteiger partial charge in [0.1, 0.15) is 0 Å². The van der Waals surface area contributed by atoms with Crippen LogP contribution in [0.5, 0.6) is 0 Å². The first-order valence-corrected chi connectivity index (χ1v) is 18.5. The van der Waals surface area contributed by atoms with Gasteiger partial charge in [-0.15, -0.1) is 54.8 Å². The molecular formula is C38H52FeN2P2. The summed E-state index contributed by atoms with van der Waals surface area (Å²) in [5.41, 5.74) is 6.66. The van der Waals surface area contributed by atoms with Gasteiger partial charge in [-0.2, -0.15) is 18.2 Å². The maximum Gasteiger partial charge on any atom is 2.00 e. The van der Waals surface area contributed by atoms with Crippen LogP contribution in [0.3, 0.4) is 0 Å². The van der Waals surface area contributed by atoms with Crippen LogP contribution in [0.2, 0.25) is 0 Å². The summed E-state index contributed by atoms with van der Waals surface area (Å²) >= 11 is 0. The Morgan fingerprint density at radius 1 is 0.884 bits per heavy atom. The summed E-state index contributed by atoms with van der Waals surface area (Å²) in [4.78, 5) is 0. The Labute approximate surface area is 276 Å². The van der Waals surface area contributed by atoms with Gasteiger partial charge in [0.05, 0.1) is 0 Å². The van der Waals surface area contributed by atoms with Crippen LogP contribution >= 0.6 is 18.5 Å². The van der Waals surface area contributed by atoms with Crippen molar-refractivity contribution in [1.82, 2.24) is 10.6 Å². The Kier molecular flexibility index (Phi) is 10.4. The van der Waals surface area contributed by atoms with Gasteiger partial charge < -0.3 is 10.6 Å². The average Bonchev–Trinajstić information content (AvgIpc) is 3.77. The van der Waals surface area contributed by atoms with Crippen molar-refractivity contribution in [2.24, 2.45) is 29.1 Å². The molecule has 2 nitrogen and oxygen atoms in total. The monoisotopic (exact) mass is 654 g/mol. The quantitative estimate of drug-likeness (QED) is 0.191. The van der Waals surface area contributed by atoms with Crippen LogP contribution in [0.4, 0.5) is 0 Å². The predicted molar refractivity (Wildman–Crippen MR) is 186 cm³/mol. The third kappa shape index (κ3) is 6.07. The number of piperidine rings is 2. The van der Waals surface area contributed by atoms with Crippen molar-refractivity contribution in [3.05, 3.63) is 95.5 Å². The smallest absolute Gasteiger partial charge is 0.313 e. The average molecular weight is 655 g/mol. The van der Waals surface area contributed by atoms with Crippen molar-refractivity contribution in [1.29, 1.82) is 0 Å². The molecule has 0 radical (unpaired) electrons. The maximum atomic E-state index is 4.07. The van der Waals surface area contributed by atoms with E-state index in [2.05, 4.69) is 72.0 Å². The second-order valence-electron chi connectivity index (χ2n) is 14.4. The summed E-state index contributed by atoms with van der Waals surface area (Å²) in [5, 5.41) is 8.17. The number of hydrogen-bond donors (Lipinski definition) is 2. The van der Waals surface area contributed by atoms with Crippen molar-refractivity contribution in [2.75, 3.05) is 19.3 Å². The van der Waals surface area contributed by atoms with Gasteiger partial charge in [0.25, 0.3) is 0 Å². The van der Waals surface area contributed by atoms with E-state index in [4.69, 9.17) is 0 Å². The first kappa shape index (κ1) is 32.2. The standard InChI is InChI=1S/C33H47N2P2.C5H5.Fe/c36-21-29-26-15-22-14-23(16-26)20-32(29,19-22)27-17-25(24-8-2-1-3-9-24)18-28(27)33(37,30-10-4-6-12-34-30)31-11-5-7-13-35-31;1-2-4-5-3-1;/h1-3,8-9,17-18,22-23,26,29-31,34-35H,4-7,10-16,19-21,36-37H2;1-5H;/q2*-1;+2. The molecule has 1 aromatic carbocycles. The van der Waals surface area contributed by atoms with Gasteiger partial charge in [0.15, 0.2) is 0 Å². The molecule has 232 valence electrons. The molecule has 43 heavy (non-hydrogen) atoms. The first-order valence-electron chi connectivity index (χ1n) is 17.1. The third-order valence-corrected chi connectivity index (χ3v) is 13.7. The van der Waals surface area contributed by atoms with Crippen LogP contribution < -0.4 is 10.6 Å². The summed E-state index contributed by atoms with van der Waals surface area (Å²) in [6.45, 7) is 2.33. The summed E-state index contributed by atoms with van der Waals surface area (Å²) < 4.78 is 0. The molecule has 5 heteroatoms. The molecule has 0 spiro atoms. The molecule has 7 atom stereocenters. The molecule has 6 fully saturated rings. The fraction of sp³-hybridized carbons (Fsp3) is 0.579. The fourth-order valence-electron chi connectivity index (χ4n) is 10.5. The Morgan fingerprint density at radius 2 is 1.56 bits per heavy atom. The Hall–Kier alpha value is -0.781. The van der Waals surface area contributed by atoms with Gasteiger partial charge in [-0.1, -0.05) is 30.6 Å². The van der Waals surface area contributed by atoms with Crippen molar-refractivity contribution in [2.45, 2.75) is 87.9 Å². The number of nitrogens with one attached hydrogen (secondary N) is 2.